The van der Waals surface area contributed by atoms with E-state index in [1.54, 1.807) is 49.6 Å². The van der Waals surface area contributed by atoms with Gasteiger partial charge in [0, 0.05) is 24.0 Å². The van der Waals surface area contributed by atoms with Crippen molar-refractivity contribution in [1.82, 2.24) is 0 Å². The summed E-state index contributed by atoms with van der Waals surface area (Å²) in [6.07, 6.45) is 0.349. The summed E-state index contributed by atoms with van der Waals surface area (Å²) in [5, 5.41) is 11.9. The molecule has 1 aliphatic heterocycles. The first-order valence-electron chi connectivity index (χ1n) is 8.89. The standard InChI is InChI=1S/C21H23NO6/c1-26-15-7-5-14(6-8-15)22-19(23)11-9-16(21(24)25)20(22)13-4-10-17(27-2)18(12-13)28-3/h4-8,10,12,16,20H,9,11H2,1-3H3,(H,24,25)/p-1. The summed E-state index contributed by atoms with van der Waals surface area (Å²) >= 11 is 0. The van der Waals surface area contributed by atoms with Crippen LogP contribution in [0.5, 0.6) is 17.2 Å². The predicted octanol–water partition coefficient (Wildman–Crippen LogP) is 1.95. The van der Waals surface area contributed by atoms with E-state index in [-0.39, 0.29) is 18.7 Å². The Morgan fingerprint density at radius 1 is 1.00 bits per heavy atom. The summed E-state index contributed by atoms with van der Waals surface area (Å²) in [5.41, 5.74) is 1.23. The molecule has 1 fully saturated rings. The average molecular weight is 384 g/mol. The number of hydrogen-bond acceptors (Lipinski definition) is 6. The molecule has 1 saturated heterocycles. The Hall–Kier alpha value is -3.22. The molecule has 2 atom stereocenters. The van der Waals surface area contributed by atoms with Gasteiger partial charge in [0.1, 0.15) is 5.75 Å². The molecular formula is C21H22NO6-. The van der Waals surface area contributed by atoms with Gasteiger partial charge >= 0.3 is 0 Å². The maximum absolute atomic E-state index is 12.8. The smallest absolute Gasteiger partial charge is 0.227 e. The second-order valence-corrected chi connectivity index (χ2v) is 6.49. The quantitative estimate of drug-likeness (QED) is 0.756. The third-order valence-electron chi connectivity index (χ3n) is 5.00. The van der Waals surface area contributed by atoms with Crippen LogP contribution in [0.2, 0.25) is 0 Å². The SMILES string of the molecule is COc1ccc(N2C(=O)CCC(C(=O)[O-])C2c2ccc(OC)c(OC)c2)cc1. The molecular weight excluding hydrogens is 362 g/mol. The molecule has 28 heavy (non-hydrogen) atoms. The number of amides is 1. The van der Waals surface area contributed by atoms with E-state index in [1.807, 2.05) is 0 Å². The van der Waals surface area contributed by atoms with Crippen LogP contribution in [-0.4, -0.2) is 33.2 Å². The van der Waals surface area contributed by atoms with Gasteiger partial charge in [-0.1, -0.05) is 6.07 Å². The first-order valence-corrected chi connectivity index (χ1v) is 8.89. The number of ether oxygens (including phenoxy) is 3. The lowest BCUT2D eigenvalue weighted by atomic mass is 9.83. The number of benzene rings is 2. The highest BCUT2D eigenvalue weighted by Gasteiger charge is 2.38. The lowest BCUT2D eigenvalue weighted by Crippen LogP contribution is -2.49. The highest BCUT2D eigenvalue weighted by Crippen LogP contribution is 2.42. The number of methoxy groups -OCH3 is 3. The van der Waals surface area contributed by atoms with Gasteiger partial charge in [0.05, 0.1) is 27.4 Å². The third kappa shape index (κ3) is 3.60. The van der Waals surface area contributed by atoms with E-state index in [1.165, 1.54) is 19.1 Å². The van der Waals surface area contributed by atoms with Crippen molar-refractivity contribution in [3.05, 3.63) is 48.0 Å². The first-order chi connectivity index (χ1) is 13.5. The lowest BCUT2D eigenvalue weighted by molar-refractivity contribution is -0.312. The van der Waals surface area contributed by atoms with Gasteiger partial charge in [0.15, 0.2) is 11.5 Å². The Balaban J connectivity index is 2.11. The molecule has 3 rings (SSSR count). The highest BCUT2D eigenvalue weighted by atomic mass is 16.5. The number of nitrogens with zero attached hydrogens (tertiary/aromatic N) is 1. The molecule has 0 spiro atoms. The maximum Gasteiger partial charge on any atom is 0.227 e. The van der Waals surface area contributed by atoms with Crippen LogP contribution in [-0.2, 0) is 9.59 Å². The second-order valence-electron chi connectivity index (χ2n) is 6.49. The van der Waals surface area contributed by atoms with E-state index in [0.29, 0.717) is 28.5 Å². The number of carbonyl (C=O) groups is 2. The third-order valence-corrected chi connectivity index (χ3v) is 5.00. The predicted molar refractivity (Wildman–Crippen MR) is 100 cm³/mol. The molecule has 0 bridgehead atoms. The van der Waals surface area contributed by atoms with Crippen LogP contribution in [0.25, 0.3) is 0 Å². The van der Waals surface area contributed by atoms with Gasteiger partial charge in [-0.3, -0.25) is 4.79 Å². The maximum atomic E-state index is 12.8. The van der Waals surface area contributed by atoms with Crippen LogP contribution in [0.4, 0.5) is 5.69 Å². The minimum Gasteiger partial charge on any atom is -0.550 e. The second kappa shape index (κ2) is 8.21. The number of carboxylic acids is 1. The summed E-state index contributed by atoms with van der Waals surface area (Å²) in [5.74, 6) is -0.558. The van der Waals surface area contributed by atoms with Crippen LogP contribution >= 0.6 is 0 Å². The molecule has 0 radical (unpaired) electrons. The van der Waals surface area contributed by atoms with Crippen molar-refractivity contribution in [2.75, 3.05) is 26.2 Å². The summed E-state index contributed by atoms with van der Waals surface area (Å²) < 4.78 is 15.8. The Labute approximate surface area is 163 Å². The number of carboxylic acid groups (broad SMARTS) is 1. The molecule has 0 aliphatic carbocycles. The minimum absolute atomic E-state index is 0.133. The number of carbonyl (C=O) groups excluding carboxylic acids is 2. The molecule has 7 nitrogen and oxygen atoms in total. The van der Waals surface area contributed by atoms with Crippen LogP contribution in [0, 0.1) is 5.92 Å². The Bertz CT molecular complexity index is 864. The molecule has 1 heterocycles. The zero-order valence-electron chi connectivity index (χ0n) is 16.0. The van der Waals surface area contributed by atoms with Crippen molar-refractivity contribution in [2.24, 2.45) is 5.92 Å². The summed E-state index contributed by atoms with van der Waals surface area (Å²) in [4.78, 5) is 26.2. The van der Waals surface area contributed by atoms with E-state index >= 15 is 0 Å². The molecule has 0 saturated carbocycles. The molecule has 0 N–H and O–H groups in total. The Kier molecular flexibility index (Phi) is 5.73. The van der Waals surface area contributed by atoms with Gasteiger partial charge in [-0.15, -0.1) is 0 Å². The van der Waals surface area contributed by atoms with Crippen molar-refractivity contribution >= 4 is 17.6 Å². The van der Waals surface area contributed by atoms with E-state index in [2.05, 4.69) is 0 Å². The molecule has 2 aromatic rings. The van der Waals surface area contributed by atoms with Crippen molar-refractivity contribution in [3.8, 4) is 17.2 Å². The average Bonchev–Trinajstić information content (AvgIpc) is 2.72. The van der Waals surface area contributed by atoms with Crippen LogP contribution < -0.4 is 24.2 Å². The number of rotatable bonds is 6. The van der Waals surface area contributed by atoms with Gasteiger partial charge in [-0.25, -0.2) is 0 Å². The van der Waals surface area contributed by atoms with E-state index in [9.17, 15) is 14.7 Å². The van der Waals surface area contributed by atoms with E-state index < -0.39 is 17.9 Å². The van der Waals surface area contributed by atoms with E-state index in [4.69, 9.17) is 14.2 Å². The molecule has 2 aromatic carbocycles. The van der Waals surface area contributed by atoms with Gasteiger partial charge in [-0.05, 0) is 48.4 Å². The van der Waals surface area contributed by atoms with Gasteiger partial charge in [-0.2, -0.15) is 0 Å². The summed E-state index contributed by atoms with van der Waals surface area (Å²) in [7, 11) is 4.58. The van der Waals surface area contributed by atoms with Crippen molar-refractivity contribution in [1.29, 1.82) is 0 Å². The lowest BCUT2D eigenvalue weighted by Gasteiger charge is -2.42. The Morgan fingerprint density at radius 3 is 2.25 bits per heavy atom. The largest absolute Gasteiger partial charge is 0.550 e. The molecule has 0 aromatic heterocycles. The van der Waals surface area contributed by atoms with Gasteiger partial charge < -0.3 is 29.0 Å². The van der Waals surface area contributed by atoms with Crippen molar-refractivity contribution < 1.29 is 28.9 Å². The fourth-order valence-corrected chi connectivity index (χ4v) is 3.60. The zero-order chi connectivity index (χ0) is 20.3. The molecule has 1 amide bonds. The fourth-order valence-electron chi connectivity index (χ4n) is 3.60. The zero-order valence-corrected chi connectivity index (χ0v) is 16.0. The molecule has 148 valence electrons. The number of hydrogen-bond donors (Lipinski definition) is 0. The first kappa shape index (κ1) is 19.5. The summed E-state index contributed by atoms with van der Waals surface area (Å²) in [6.45, 7) is 0. The normalized spacial score (nSPS) is 19.2. The van der Waals surface area contributed by atoms with Crippen LogP contribution in [0.1, 0.15) is 24.4 Å². The monoisotopic (exact) mass is 384 g/mol. The van der Waals surface area contributed by atoms with E-state index in [0.717, 1.165) is 0 Å². The van der Waals surface area contributed by atoms with Gasteiger partial charge in [0.25, 0.3) is 0 Å². The number of aliphatic carboxylic acids is 1. The van der Waals surface area contributed by atoms with Crippen LogP contribution in [0.3, 0.4) is 0 Å². The summed E-state index contributed by atoms with van der Waals surface area (Å²) in [6, 6.07) is 11.4. The number of piperidine rings is 1. The Morgan fingerprint density at radius 2 is 1.68 bits per heavy atom. The number of anilines is 1. The van der Waals surface area contributed by atoms with Crippen LogP contribution in [0.15, 0.2) is 42.5 Å². The molecule has 7 heteroatoms. The molecule has 1 aliphatic rings. The van der Waals surface area contributed by atoms with Crippen molar-refractivity contribution in [3.63, 3.8) is 0 Å². The fraction of sp³-hybridized carbons (Fsp3) is 0.333. The van der Waals surface area contributed by atoms with Gasteiger partial charge in [0.2, 0.25) is 5.91 Å². The molecule has 2 unspecified atom stereocenters. The highest BCUT2D eigenvalue weighted by molar-refractivity contribution is 5.96. The minimum atomic E-state index is -1.19. The van der Waals surface area contributed by atoms with Crippen molar-refractivity contribution in [2.45, 2.75) is 18.9 Å². The topological polar surface area (TPSA) is 88.1 Å².